The van der Waals surface area contributed by atoms with Crippen LogP contribution in [0.3, 0.4) is 0 Å². The highest BCUT2D eigenvalue weighted by Gasteiger charge is 2.41. The van der Waals surface area contributed by atoms with Crippen molar-refractivity contribution in [1.82, 2.24) is 0 Å². The van der Waals surface area contributed by atoms with E-state index < -0.39 is 41.3 Å². The van der Waals surface area contributed by atoms with Gasteiger partial charge < -0.3 is 20.1 Å². The molecule has 1 fully saturated rings. The van der Waals surface area contributed by atoms with Gasteiger partial charge in [-0.15, -0.1) is 0 Å². The number of ether oxygens (including phenoxy) is 1. The van der Waals surface area contributed by atoms with Gasteiger partial charge in [0, 0.05) is 17.1 Å². The van der Waals surface area contributed by atoms with Crippen LogP contribution in [0.15, 0.2) is 0 Å². The van der Waals surface area contributed by atoms with Crippen LogP contribution in [0, 0.1) is 0 Å². The highest BCUT2D eigenvalue weighted by molar-refractivity contribution is 7.84. The molecule has 0 aromatic rings. The molecular formula is C8H16O5S. The van der Waals surface area contributed by atoms with Crippen molar-refractivity contribution in [3.8, 4) is 0 Å². The predicted molar refractivity (Wildman–Crippen MR) is 51.3 cm³/mol. The molecule has 0 aromatic heterocycles. The summed E-state index contributed by atoms with van der Waals surface area (Å²) in [7, 11) is -1.10. The Hall–Kier alpha value is -0.0100. The van der Waals surface area contributed by atoms with E-state index in [9.17, 15) is 19.5 Å². The van der Waals surface area contributed by atoms with Gasteiger partial charge in [-0.25, -0.2) is 0 Å². The first-order chi connectivity index (χ1) is 6.43. The number of aliphatic hydroxyl groups excluding tert-OH is 3. The molecule has 0 bridgehead atoms. The second kappa shape index (κ2) is 4.67. The molecule has 1 unspecified atom stereocenters. The number of aliphatic hydroxyl groups is 3. The molecule has 1 rings (SSSR count). The van der Waals surface area contributed by atoms with E-state index >= 15 is 0 Å². The molecule has 0 aromatic carbocycles. The molecular weight excluding hydrogens is 208 g/mol. The third kappa shape index (κ3) is 2.52. The lowest BCUT2D eigenvalue weighted by Crippen LogP contribution is -2.57. The van der Waals surface area contributed by atoms with Crippen molar-refractivity contribution in [1.29, 1.82) is 0 Å². The van der Waals surface area contributed by atoms with Gasteiger partial charge in [-0.1, -0.05) is 0 Å². The Balaban J connectivity index is 2.65. The Labute approximate surface area is 85.2 Å². The molecule has 14 heavy (non-hydrogen) atoms. The van der Waals surface area contributed by atoms with Crippen molar-refractivity contribution >= 4 is 10.8 Å². The maximum Gasteiger partial charge on any atom is 0.111 e. The number of hydrogen-bond donors (Lipinski definition) is 3. The van der Waals surface area contributed by atoms with E-state index in [-0.39, 0.29) is 5.75 Å². The fourth-order valence-corrected chi connectivity index (χ4v) is 2.24. The molecule has 0 radical (unpaired) electrons. The van der Waals surface area contributed by atoms with Gasteiger partial charge in [-0.3, -0.25) is 4.21 Å². The topological polar surface area (TPSA) is 87.0 Å². The molecule has 84 valence electrons. The van der Waals surface area contributed by atoms with Gasteiger partial charge in [0.1, 0.15) is 18.3 Å². The third-order valence-corrected chi connectivity index (χ3v) is 3.15. The summed E-state index contributed by atoms with van der Waals surface area (Å²) < 4.78 is 16.2. The minimum Gasteiger partial charge on any atom is -0.388 e. The summed E-state index contributed by atoms with van der Waals surface area (Å²) in [6.07, 6.45) is -3.22. The average molecular weight is 224 g/mol. The standard InChI is InChI=1S/C8H16O5S/c1-4-6(9)8(11)7(10)5(13-4)3-14(2)12/h4-11H,3H2,1-2H3/t4-,5-,6+,7-,8-,14?/m1/s1. The molecule has 0 saturated carbocycles. The van der Waals surface area contributed by atoms with E-state index in [0.29, 0.717) is 0 Å². The SMILES string of the molecule is C[C@H]1O[C@H](CS(C)=O)[C@@H](O)[C@H](O)[C@H]1O. The van der Waals surface area contributed by atoms with Gasteiger partial charge in [0.15, 0.2) is 0 Å². The lowest BCUT2D eigenvalue weighted by atomic mass is 9.96. The molecule has 6 atom stereocenters. The van der Waals surface area contributed by atoms with Crippen molar-refractivity contribution in [2.24, 2.45) is 0 Å². The minimum atomic E-state index is -1.23. The van der Waals surface area contributed by atoms with E-state index in [2.05, 4.69) is 0 Å². The predicted octanol–water partition coefficient (Wildman–Crippen LogP) is -1.77. The Morgan fingerprint density at radius 3 is 2.29 bits per heavy atom. The number of rotatable bonds is 2. The summed E-state index contributed by atoms with van der Waals surface area (Å²) in [5, 5.41) is 28.3. The van der Waals surface area contributed by atoms with Gasteiger partial charge >= 0.3 is 0 Å². The molecule has 3 N–H and O–H groups in total. The second-order valence-corrected chi connectivity index (χ2v) is 5.07. The summed E-state index contributed by atoms with van der Waals surface area (Å²) in [5.74, 6) is 0.162. The second-order valence-electron chi connectivity index (χ2n) is 3.59. The van der Waals surface area contributed by atoms with Gasteiger partial charge in [0.2, 0.25) is 0 Å². The van der Waals surface area contributed by atoms with Crippen molar-refractivity contribution in [3.05, 3.63) is 0 Å². The van der Waals surface area contributed by atoms with Crippen molar-refractivity contribution in [3.63, 3.8) is 0 Å². The molecule has 0 aliphatic carbocycles. The van der Waals surface area contributed by atoms with Crippen molar-refractivity contribution < 1.29 is 24.3 Å². The monoisotopic (exact) mass is 224 g/mol. The lowest BCUT2D eigenvalue weighted by Gasteiger charge is -2.39. The number of hydrogen-bond acceptors (Lipinski definition) is 5. The van der Waals surface area contributed by atoms with Crippen LogP contribution in [-0.2, 0) is 15.5 Å². The molecule has 1 saturated heterocycles. The van der Waals surface area contributed by atoms with Gasteiger partial charge in [-0.2, -0.15) is 0 Å². The normalized spacial score (nSPS) is 46.2. The van der Waals surface area contributed by atoms with Crippen molar-refractivity contribution in [2.45, 2.75) is 37.4 Å². The molecule has 0 amide bonds. The molecule has 1 heterocycles. The molecule has 1 aliphatic rings. The van der Waals surface area contributed by atoms with Crippen LogP contribution in [-0.4, -0.2) is 62.1 Å². The fraction of sp³-hybridized carbons (Fsp3) is 1.00. The first-order valence-electron chi connectivity index (χ1n) is 4.43. The average Bonchev–Trinajstić information content (AvgIpc) is 2.10. The van der Waals surface area contributed by atoms with Crippen LogP contribution in [0.2, 0.25) is 0 Å². The van der Waals surface area contributed by atoms with Gasteiger partial charge in [-0.05, 0) is 6.92 Å². The van der Waals surface area contributed by atoms with E-state index in [1.807, 2.05) is 0 Å². The molecule has 0 spiro atoms. The molecule has 5 nitrogen and oxygen atoms in total. The lowest BCUT2D eigenvalue weighted by molar-refractivity contribution is -0.210. The minimum absolute atomic E-state index is 0.162. The summed E-state index contributed by atoms with van der Waals surface area (Å²) in [6, 6.07) is 0. The van der Waals surface area contributed by atoms with Crippen LogP contribution in [0.4, 0.5) is 0 Å². The zero-order valence-corrected chi connectivity index (χ0v) is 8.98. The third-order valence-electron chi connectivity index (χ3n) is 2.35. The van der Waals surface area contributed by atoms with Crippen LogP contribution in [0.25, 0.3) is 0 Å². The maximum absolute atomic E-state index is 10.9. The summed E-state index contributed by atoms with van der Waals surface area (Å²) in [4.78, 5) is 0. The summed E-state index contributed by atoms with van der Waals surface area (Å²) in [5.41, 5.74) is 0. The zero-order chi connectivity index (χ0) is 10.9. The first kappa shape index (κ1) is 12.1. The fourth-order valence-electron chi connectivity index (χ4n) is 1.51. The summed E-state index contributed by atoms with van der Waals surface area (Å²) in [6.45, 7) is 1.60. The smallest absolute Gasteiger partial charge is 0.111 e. The van der Waals surface area contributed by atoms with E-state index in [1.165, 1.54) is 6.26 Å². The van der Waals surface area contributed by atoms with Crippen LogP contribution in [0.5, 0.6) is 0 Å². The van der Waals surface area contributed by atoms with E-state index in [4.69, 9.17) is 4.74 Å². The highest BCUT2D eigenvalue weighted by Crippen LogP contribution is 2.21. The van der Waals surface area contributed by atoms with Crippen LogP contribution in [0.1, 0.15) is 6.92 Å². The van der Waals surface area contributed by atoms with Gasteiger partial charge in [0.25, 0.3) is 0 Å². The van der Waals surface area contributed by atoms with E-state index in [1.54, 1.807) is 6.92 Å². The van der Waals surface area contributed by atoms with E-state index in [0.717, 1.165) is 0 Å². The van der Waals surface area contributed by atoms with Gasteiger partial charge in [0.05, 0.1) is 18.0 Å². The Kier molecular flexibility index (Phi) is 4.03. The van der Waals surface area contributed by atoms with Crippen molar-refractivity contribution in [2.75, 3.05) is 12.0 Å². The molecule has 1 aliphatic heterocycles. The Bertz CT molecular complexity index is 222. The summed E-state index contributed by atoms with van der Waals surface area (Å²) >= 11 is 0. The maximum atomic E-state index is 10.9. The Morgan fingerprint density at radius 2 is 1.79 bits per heavy atom. The largest absolute Gasteiger partial charge is 0.388 e. The zero-order valence-electron chi connectivity index (χ0n) is 8.16. The van der Waals surface area contributed by atoms with Crippen LogP contribution >= 0.6 is 0 Å². The Morgan fingerprint density at radius 1 is 1.21 bits per heavy atom. The van der Waals surface area contributed by atoms with Crippen LogP contribution < -0.4 is 0 Å². The highest BCUT2D eigenvalue weighted by atomic mass is 32.2. The quantitative estimate of drug-likeness (QED) is 0.517. The first-order valence-corrected chi connectivity index (χ1v) is 6.16. The molecule has 6 heteroatoms.